The van der Waals surface area contributed by atoms with Crippen LogP contribution in [0.1, 0.15) is 44.1 Å². The Morgan fingerprint density at radius 3 is 2.62 bits per heavy atom. The lowest BCUT2D eigenvalue weighted by Crippen LogP contribution is -2.37. The van der Waals surface area contributed by atoms with Crippen molar-refractivity contribution >= 4 is 21.4 Å². The highest BCUT2D eigenvalue weighted by Crippen LogP contribution is 2.33. The van der Waals surface area contributed by atoms with E-state index in [2.05, 4.69) is 23.9 Å². The zero-order chi connectivity index (χ0) is 15.6. The third-order valence-corrected chi connectivity index (χ3v) is 7.52. The summed E-state index contributed by atoms with van der Waals surface area (Å²) in [6.45, 7) is 9.69. The minimum atomic E-state index is -3.43. The fraction of sp³-hybridized carbons (Fsp3) is 0.733. The third-order valence-electron chi connectivity index (χ3n) is 4.57. The van der Waals surface area contributed by atoms with Gasteiger partial charge in [-0.2, -0.15) is 0 Å². The molecule has 1 aliphatic carbocycles. The topological polar surface area (TPSA) is 58.2 Å². The molecular weight excluding hydrogens is 304 g/mol. The number of hydrogen-bond donors (Lipinski definition) is 2. The molecule has 0 aliphatic heterocycles. The molecule has 21 heavy (non-hydrogen) atoms. The average Bonchev–Trinajstić information content (AvgIpc) is 2.94. The highest BCUT2D eigenvalue weighted by molar-refractivity contribution is 7.89. The van der Waals surface area contributed by atoms with E-state index in [1.165, 1.54) is 11.3 Å². The van der Waals surface area contributed by atoms with Gasteiger partial charge < -0.3 is 5.32 Å². The molecular formula is C15H26N2O2S2. The number of thiophene rings is 1. The van der Waals surface area contributed by atoms with Gasteiger partial charge in [-0.3, -0.25) is 0 Å². The van der Waals surface area contributed by atoms with Gasteiger partial charge in [0, 0.05) is 17.5 Å². The Labute approximate surface area is 132 Å². The van der Waals surface area contributed by atoms with Crippen LogP contribution in [0, 0.1) is 18.8 Å². The maximum atomic E-state index is 12.8. The minimum absolute atomic E-state index is 0.0660. The molecule has 1 heterocycles. The van der Waals surface area contributed by atoms with Gasteiger partial charge in [0.1, 0.15) is 4.90 Å². The van der Waals surface area contributed by atoms with Crippen LogP contribution in [0.2, 0.25) is 0 Å². The minimum Gasteiger partial charge on any atom is -0.312 e. The lowest BCUT2D eigenvalue weighted by Gasteiger charge is -2.20. The summed E-state index contributed by atoms with van der Waals surface area (Å²) in [6.07, 6.45) is 2.04. The molecule has 120 valence electrons. The molecule has 4 nitrogen and oxygen atoms in total. The molecule has 2 rings (SSSR count). The van der Waals surface area contributed by atoms with Crippen molar-refractivity contribution in [3.63, 3.8) is 0 Å². The SMILES string of the molecule is CCNCc1scc(C)c1S(=O)(=O)NC1CCC(C)C1C. The summed E-state index contributed by atoms with van der Waals surface area (Å²) in [5.74, 6) is 0.985. The Balaban J connectivity index is 2.21. The first kappa shape index (κ1) is 16.9. The van der Waals surface area contributed by atoms with Crippen molar-refractivity contribution in [2.24, 2.45) is 11.8 Å². The fourth-order valence-corrected chi connectivity index (χ4v) is 6.14. The molecule has 1 aliphatic rings. The van der Waals surface area contributed by atoms with Gasteiger partial charge in [0.15, 0.2) is 0 Å². The Morgan fingerprint density at radius 2 is 2.05 bits per heavy atom. The lowest BCUT2D eigenvalue weighted by molar-refractivity contribution is 0.402. The number of sulfonamides is 1. The van der Waals surface area contributed by atoms with Crippen molar-refractivity contribution < 1.29 is 8.42 Å². The first-order chi connectivity index (χ1) is 9.86. The zero-order valence-electron chi connectivity index (χ0n) is 13.3. The Morgan fingerprint density at radius 1 is 1.33 bits per heavy atom. The maximum absolute atomic E-state index is 12.8. The summed E-state index contributed by atoms with van der Waals surface area (Å²) in [6, 6.07) is 0.0660. The largest absolute Gasteiger partial charge is 0.312 e. The van der Waals surface area contributed by atoms with E-state index in [0.29, 0.717) is 23.3 Å². The quantitative estimate of drug-likeness (QED) is 0.843. The number of rotatable bonds is 6. The molecule has 0 amide bonds. The molecule has 0 aromatic carbocycles. The summed E-state index contributed by atoms with van der Waals surface area (Å²) in [5, 5.41) is 5.15. The lowest BCUT2D eigenvalue weighted by atomic mass is 9.98. The van der Waals surface area contributed by atoms with Crippen LogP contribution >= 0.6 is 11.3 Å². The molecule has 3 atom stereocenters. The summed E-state index contributed by atoms with van der Waals surface area (Å²) in [5.41, 5.74) is 0.846. The van der Waals surface area contributed by atoms with Crippen LogP contribution in [0.15, 0.2) is 10.3 Å². The van der Waals surface area contributed by atoms with Crippen LogP contribution in [0.3, 0.4) is 0 Å². The predicted molar refractivity (Wildman–Crippen MR) is 88.1 cm³/mol. The van der Waals surface area contributed by atoms with E-state index in [-0.39, 0.29) is 6.04 Å². The molecule has 1 saturated carbocycles. The number of nitrogens with one attached hydrogen (secondary N) is 2. The Kier molecular flexibility index (Phi) is 5.46. The molecule has 3 unspecified atom stereocenters. The molecule has 2 N–H and O–H groups in total. The molecule has 1 aromatic heterocycles. The Hall–Kier alpha value is -0.430. The molecule has 1 fully saturated rings. The second-order valence-electron chi connectivity index (χ2n) is 6.09. The Bertz CT molecular complexity index is 580. The van der Waals surface area contributed by atoms with Gasteiger partial charge in [-0.25, -0.2) is 13.1 Å². The molecule has 6 heteroatoms. The van der Waals surface area contributed by atoms with E-state index in [1.54, 1.807) is 0 Å². The van der Waals surface area contributed by atoms with E-state index < -0.39 is 10.0 Å². The van der Waals surface area contributed by atoms with Crippen LogP contribution in [0.5, 0.6) is 0 Å². The van der Waals surface area contributed by atoms with E-state index >= 15 is 0 Å². The highest BCUT2D eigenvalue weighted by atomic mass is 32.2. The van der Waals surface area contributed by atoms with Gasteiger partial charge in [-0.15, -0.1) is 11.3 Å². The zero-order valence-corrected chi connectivity index (χ0v) is 14.9. The summed E-state index contributed by atoms with van der Waals surface area (Å²) >= 11 is 1.52. The van der Waals surface area contributed by atoms with Gasteiger partial charge in [0.05, 0.1) is 0 Å². The average molecular weight is 331 g/mol. The van der Waals surface area contributed by atoms with E-state index in [4.69, 9.17) is 0 Å². The van der Waals surface area contributed by atoms with Crippen LogP contribution in [0.4, 0.5) is 0 Å². The number of aryl methyl sites for hydroxylation is 1. The van der Waals surface area contributed by atoms with Gasteiger partial charge in [-0.1, -0.05) is 20.8 Å². The molecule has 0 saturated heterocycles. The van der Waals surface area contributed by atoms with Crippen molar-refractivity contribution in [2.75, 3.05) is 6.54 Å². The van der Waals surface area contributed by atoms with Gasteiger partial charge in [0.2, 0.25) is 10.0 Å². The van der Waals surface area contributed by atoms with Crippen LogP contribution < -0.4 is 10.0 Å². The smallest absolute Gasteiger partial charge is 0.242 e. The summed E-state index contributed by atoms with van der Waals surface area (Å²) in [4.78, 5) is 1.39. The van der Waals surface area contributed by atoms with Crippen LogP contribution in [-0.4, -0.2) is 21.0 Å². The second-order valence-corrected chi connectivity index (χ2v) is 8.71. The predicted octanol–water partition coefficient (Wildman–Crippen LogP) is 2.88. The van der Waals surface area contributed by atoms with Crippen molar-refractivity contribution in [3.05, 3.63) is 15.8 Å². The standard InChI is InChI=1S/C15H26N2O2S2/c1-5-16-8-14-15(11(3)9-20-14)21(18,19)17-13-7-6-10(2)12(13)4/h9-10,12-13,16-17H,5-8H2,1-4H3. The maximum Gasteiger partial charge on any atom is 0.242 e. The van der Waals surface area contributed by atoms with Crippen molar-refractivity contribution in [1.82, 2.24) is 10.0 Å². The first-order valence-electron chi connectivity index (χ1n) is 7.66. The first-order valence-corrected chi connectivity index (χ1v) is 10.0. The van der Waals surface area contributed by atoms with Gasteiger partial charge in [0.25, 0.3) is 0 Å². The highest BCUT2D eigenvalue weighted by Gasteiger charge is 2.34. The van der Waals surface area contributed by atoms with E-state index in [9.17, 15) is 8.42 Å². The third kappa shape index (κ3) is 3.67. The molecule has 0 bridgehead atoms. The van der Waals surface area contributed by atoms with E-state index in [0.717, 1.165) is 29.8 Å². The van der Waals surface area contributed by atoms with Crippen LogP contribution in [0.25, 0.3) is 0 Å². The normalized spacial score (nSPS) is 26.4. The molecule has 0 radical (unpaired) electrons. The number of hydrogen-bond acceptors (Lipinski definition) is 4. The van der Waals surface area contributed by atoms with E-state index in [1.807, 2.05) is 19.2 Å². The van der Waals surface area contributed by atoms with Crippen molar-refractivity contribution in [1.29, 1.82) is 0 Å². The van der Waals surface area contributed by atoms with Crippen LogP contribution in [-0.2, 0) is 16.6 Å². The summed E-state index contributed by atoms with van der Waals surface area (Å²) in [7, 11) is -3.43. The second kappa shape index (κ2) is 6.77. The molecule has 1 aromatic rings. The van der Waals surface area contributed by atoms with Crippen molar-refractivity contribution in [3.8, 4) is 0 Å². The van der Waals surface area contributed by atoms with Crippen molar-refractivity contribution in [2.45, 2.75) is 58.0 Å². The monoisotopic (exact) mass is 330 g/mol. The molecule has 0 spiro atoms. The van der Waals surface area contributed by atoms with Gasteiger partial charge in [-0.05, 0) is 49.1 Å². The summed E-state index contributed by atoms with van der Waals surface area (Å²) < 4.78 is 28.5. The van der Waals surface area contributed by atoms with Gasteiger partial charge >= 0.3 is 0 Å². The fourth-order valence-electron chi connectivity index (χ4n) is 3.00.